The molecule has 0 amide bonds. The molecule has 5 heteroatoms. The fraction of sp³-hybridized carbons (Fsp3) is 0.182. The lowest BCUT2D eigenvalue weighted by atomic mass is 10.1. The number of aliphatic hydroxyl groups is 1. The summed E-state index contributed by atoms with van der Waals surface area (Å²) < 4.78 is 13.5. The van der Waals surface area contributed by atoms with Gasteiger partial charge in [-0.3, -0.25) is 0 Å². The Morgan fingerprint density at radius 1 is 1.50 bits per heavy atom. The van der Waals surface area contributed by atoms with Gasteiger partial charge >= 0.3 is 0 Å². The molecule has 1 aromatic carbocycles. The molecule has 1 atom stereocenters. The quantitative estimate of drug-likeness (QED) is 0.916. The lowest BCUT2D eigenvalue weighted by molar-refractivity contribution is 0.173. The molecule has 0 spiro atoms. The zero-order chi connectivity index (χ0) is 11.5. The molecule has 2 aromatic rings. The third-order valence-corrected chi connectivity index (χ3v) is 3.13. The third-order valence-electron chi connectivity index (χ3n) is 2.24. The van der Waals surface area contributed by atoms with Gasteiger partial charge in [-0.25, -0.2) is 9.37 Å². The van der Waals surface area contributed by atoms with E-state index in [4.69, 9.17) is 11.6 Å². The van der Waals surface area contributed by atoms with Crippen molar-refractivity contribution in [2.45, 2.75) is 12.5 Å². The first-order valence-electron chi connectivity index (χ1n) is 4.67. The van der Waals surface area contributed by atoms with Gasteiger partial charge in [-0.15, -0.1) is 11.3 Å². The average Bonchev–Trinajstić information content (AvgIpc) is 2.78. The Hall–Kier alpha value is -0.970. The number of benzene rings is 1. The van der Waals surface area contributed by atoms with E-state index in [0.29, 0.717) is 11.3 Å². The summed E-state index contributed by atoms with van der Waals surface area (Å²) in [5, 5.41) is 11.6. The molecule has 0 bridgehead atoms. The maximum atomic E-state index is 13.5. The van der Waals surface area contributed by atoms with E-state index in [9.17, 15) is 9.50 Å². The molecule has 1 N–H and O–H groups in total. The molecule has 16 heavy (non-hydrogen) atoms. The molecule has 0 fully saturated rings. The first-order chi connectivity index (χ1) is 7.68. The smallest absolute Gasteiger partial charge is 0.145 e. The highest BCUT2D eigenvalue weighted by Gasteiger charge is 2.14. The van der Waals surface area contributed by atoms with E-state index < -0.39 is 11.9 Å². The lowest BCUT2D eigenvalue weighted by Crippen LogP contribution is -2.04. The number of nitrogens with zero attached hydrogens (tertiary/aromatic N) is 1. The van der Waals surface area contributed by atoms with E-state index in [1.54, 1.807) is 23.0 Å². The number of rotatable bonds is 3. The molecule has 2 nitrogen and oxygen atoms in total. The fourth-order valence-corrected chi connectivity index (χ4v) is 2.20. The van der Waals surface area contributed by atoms with Crippen molar-refractivity contribution in [1.82, 2.24) is 4.98 Å². The van der Waals surface area contributed by atoms with Crippen molar-refractivity contribution >= 4 is 22.9 Å². The SMILES string of the molecule is OC(Cc1cccc(Cl)c1F)c1cscn1. The zero-order valence-corrected chi connectivity index (χ0v) is 9.80. The number of hydrogen-bond acceptors (Lipinski definition) is 3. The first kappa shape index (κ1) is 11.5. The molecule has 0 aliphatic heterocycles. The van der Waals surface area contributed by atoms with Gasteiger partial charge in [0, 0.05) is 11.8 Å². The Balaban J connectivity index is 2.18. The molecule has 0 saturated heterocycles. The highest BCUT2D eigenvalue weighted by Crippen LogP contribution is 2.23. The van der Waals surface area contributed by atoms with Gasteiger partial charge < -0.3 is 5.11 Å². The van der Waals surface area contributed by atoms with Crippen LogP contribution in [0, 0.1) is 5.82 Å². The van der Waals surface area contributed by atoms with Gasteiger partial charge in [-0.2, -0.15) is 0 Å². The van der Waals surface area contributed by atoms with Crippen molar-refractivity contribution in [1.29, 1.82) is 0 Å². The Bertz CT molecular complexity index is 475. The number of aliphatic hydroxyl groups excluding tert-OH is 1. The molecule has 0 saturated carbocycles. The van der Waals surface area contributed by atoms with Crippen molar-refractivity contribution in [3.8, 4) is 0 Å². The normalized spacial score (nSPS) is 12.7. The van der Waals surface area contributed by atoms with Crippen LogP contribution in [0.1, 0.15) is 17.4 Å². The van der Waals surface area contributed by atoms with Crippen LogP contribution in [0.2, 0.25) is 5.02 Å². The van der Waals surface area contributed by atoms with Crippen LogP contribution < -0.4 is 0 Å². The monoisotopic (exact) mass is 257 g/mol. The second-order valence-electron chi connectivity index (χ2n) is 3.35. The zero-order valence-electron chi connectivity index (χ0n) is 8.23. The first-order valence-corrected chi connectivity index (χ1v) is 5.99. The van der Waals surface area contributed by atoms with Crippen molar-refractivity contribution in [2.24, 2.45) is 0 Å². The standard InChI is InChI=1S/C11H9ClFNOS/c12-8-3-1-2-7(11(8)13)4-10(15)9-5-16-6-14-9/h1-3,5-6,10,15H,4H2. The Morgan fingerprint density at radius 2 is 2.31 bits per heavy atom. The number of halogens is 2. The van der Waals surface area contributed by atoms with Crippen molar-refractivity contribution in [3.63, 3.8) is 0 Å². The summed E-state index contributed by atoms with van der Waals surface area (Å²) in [6, 6.07) is 4.75. The minimum atomic E-state index is -0.792. The topological polar surface area (TPSA) is 33.1 Å². The van der Waals surface area contributed by atoms with E-state index in [-0.39, 0.29) is 11.4 Å². The van der Waals surface area contributed by atoms with Gasteiger partial charge in [0.1, 0.15) is 11.9 Å². The van der Waals surface area contributed by atoms with Gasteiger partial charge in [-0.1, -0.05) is 23.7 Å². The van der Waals surface area contributed by atoms with Crippen LogP contribution in [0.25, 0.3) is 0 Å². The summed E-state index contributed by atoms with van der Waals surface area (Å²) in [6.07, 6.45) is -0.616. The maximum Gasteiger partial charge on any atom is 0.145 e. The Kier molecular flexibility index (Phi) is 3.53. The largest absolute Gasteiger partial charge is 0.386 e. The summed E-state index contributed by atoms with van der Waals surface area (Å²) in [5.41, 5.74) is 2.59. The summed E-state index contributed by atoms with van der Waals surface area (Å²) in [6.45, 7) is 0. The van der Waals surface area contributed by atoms with Gasteiger partial charge in [0.25, 0.3) is 0 Å². The minimum Gasteiger partial charge on any atom is -0.386 e. The molecule has 0 aliphatic carbocycles. The Morgan fingerprint density at radius 3 is 3.00 bits per heavy atom. The van der Waals surface area contributed by atoms with Gasteiger partial charge in [0.15, 0.2) is 0 Å². The molecule has 84 valence electrons. The summed E-state index contributed by atoms with van der Waals surface area (Å²) >= 11 is 7.05. The predicted octanol–water partition coefficient (Wildman–Crippen LogP) is 3.21. The molecular weight excluding hydrogens is 249 g/mol. The molecule has 2 rings (SSSR count). The molecule has 1 unspecified atom stereocenters. The van der Waals surface area contributed by atoms with Crippen LogP contribution in [0.4, 0.5) is 4.39 Å². The Labute approximate surface area is 101 Å². The van der Waals surface area contributed by atoms with Gasteiger partial charge in [0.05, 0.1) is 16.2 Å². The van der Waals surface area contributed by atoms with E-state index in [1.807, 2.05) is 0 Å². The second-order valence-corrected chi connectivity index (χ2v) is 4.47. The summed E-state index contributed by atoms with van der Waals surface area (Å²) in [7, 11) is 0. The predicted molar refractivity (Wildman–Crippen MR) is 62.2 cm³/mol. The fourth-order valence-electron chi connectivity index (χ4n) is 1.41. The maximum absolute atomic E-state index is 13.5. The summed E-state index contributed by atoms with van der Waals surface area (Å²) in [4.78, 5) is 3.98. The highest BCUT2D eigenvalue weighted by atomic mass is 35.5. The minimum absolute atomic E-state index is 0.0722. The molecule has 1 heterocycles. The summed E-state index contributed by atoms with van der Waals surface area (Å²) in [5.74, 6) is -0.474. The van der Waals surface area contributed by atoms with Gasteiger partial charge in [0.2, 0.25) is 0 Å². The highest BCUT2D eigenvalue weighted by molar-refractivity contribution is 7.07. The number of hydrogen-bond donors (Lipinski definition) is 1. The van der Waals surface area contributed by atoms with Crippen molar-refractivity contribution in [3.05, 3.63) is 51.2 Å². The second kappa shape index (κ2) is 4.91. The third kappa shape index (κ3) is 2.40. The number of aromatic nitrogens is 1. The van der Waals surface area contributed by atoms with E-state index in [1.165, 1.54) is 17.4 Å². The molecule has 0 aliphatic rings. The number of thiazole rings is 1. The van der Waals surface area contributed by atoms with Crippen molar-refractivity contribution in [2.75, 3.05) is 0 Å². The van der Waals surface area contributed by atoms with E-state index in [0.717, 1.165) is 0 Å². The van der Waals surface area contributed by atoms with Crippen LogP contribution in [0.3, 0.4) is 0 Å². The van der Waals surface area contributed by atoms with E-state index >= 15 is 0 Å². The molecule has 1 aromatic heterocycles. The van der Waals surface area contributed by atoms with Crippen LogP contribution in [0.5, 0.6) is 0 Å². The van der Waals surface area contributed by atoms with Crippen LogP contribution in [0.15, 0.2) is 29.1 Å². The van der Waals surface area contributed by atoms with E-state index in [2.05, 4.69) is 4.98 Å². The van der Waals surface area contributed by atoms with Gasteiger partial charge in [-0.05, 0) is 11.6 Å². The van der Waals surface area contributed by atoms with Crippen LogP contribution >= 0.6 is 22.9 Å². The molecular formula is C11H9ClFNOS. The van der Waals surface area contributed by atoms with Crippen LogP contribution in [-0.4, -0.2) is 10.1 Å². The lowest BCUT2D eigenvalue weighted by Gasteiger charge is -2.09. The average molecular weight is 258 g/mol. The molecule has 0 radical (unpaired) electrons. The van der Waals surface area contributed by atoms with Crippen molar-refractivity contribution < 1.29 is 9.50 Å². The van der Waals surface area contributed by atoms with Crippen LogP contribution in [-0.2, 0) is 6.42 Å².